The van der Waals surface area contributed by atoms with Gasteiger partial charge in [-0.3, -0.25) is 0 Å². The Bertz CT molecular complexity index is 454. The molecule has 6 heteroatoms. The van der Waals surface area contributed by atoms with Gasteiger partial charge in [0.15, 0.2) is 9.84 Å². The Kier molecular flexibility index (Phi) is 3.09. The minimum absolute atomic E-state index is 0.00644. The molecule has 1 aromatic rings. The monoisotopic (exact) mass is 261 g/mol. The van der Waals surface area contributed by atoms with E-state index in [0.717, 1.165) is 5.56 Å². The predicted octanol–water partition coefficient (Wildman–Crippen LogP) is 0.545. The maximum Gasteiger partial charge on any atom is 0.151 e. The highest BCUT2D eigenvalue weighted by molar-refractivity contribution is 7.91. The second-order valence-electron chi connectivity index (χ2n) is 4.37. The minimum atomic E-state index is -3.04. The van der Waals surface area contributed by atoms with Gasteiger partial charge in [-0.1, -0.05) is 0 Å². The zero-order valence-electron chi connectivity index (χ0n) is 8.80. The lowest BCUT2D eigenvalue weighted by molar-refractivity contribution is 0.0475. The van der Waals surface area contributed by atoms with Gasteiger partial charge in [-0.15, -0.1) is 0 Å². The lowest BCUT2D eigenvalue weighted by atomic mass is 9.79. The van der Waals surface area contributed by atoms with E-state index in [9.17, 15) is 13.5 Å². The summed E-state index contributed by atoms with van der Waals surface area (Å²) in [7, 11) is -3.04. The van der Waals surface area contributed by atoms with Gasteiger partial charge in [-0.2, -0.15) is 11.3 Å². The Balaban J connectivity index is 2.30. The highest BCUT2D eigenvalue weighted by atomic mass is 32.2. The van der Waals surface area contributed by atoms with Crippen LogP contribution in [0.3, 0.4) is 0 Å². The van der Waals surface area contributed by atoms with Crippen molar-refractivity contribution in [1.82, 2.24) is 0 Å². The number of aliphatic hydroxyl groups excluding tert-OH is 1. The number of hydrogen-bond donors (Lipinski definition) is 2. The summed E-state index contributed by atoms with van der Waals surface area (Å²) in [6, 6.07) is 1.82. The van der Waals surface area contributed by atoms with E-state index in [4.69, 9.17) is 5.73 Å². The van der Waals surface area contributed by atoms with Crippen LogP contribution in [0.5, 0.6) is 0 Å². The van der Waals surface area contributed by atoms with Crippen molar-refractivity contribution in [3.63, 3.8) is 0 Å². The molecule has 4 nitrogen and oxygen atoms in total. The van der Waals surface area contributed by atoms with Crippen molar-refractivity contribution in [3.05, 3.63) is 22.4 Å². The molecule has 16 heavy (non-hydrogen) atoms. The number of sulfone groups is 1. The van der Waals surface area contributed by atoms with Crippen molar-refractivity contribution in [2.45, 2.75) is 12.5 Å². The van der Waals surface area contributed by atoms with Crippen molar-refractivity contribution in [2.75, 3.05) is 18.1 Å². The molecule has 1 saturated heterocycles. The molecule has 0 amide bonds. The zero-order valence-corrected chi connectivity index (χ0v) is 10.4. The Morgan fingerprint density at radius 2 is 2.38 bits per heavy atom. The van der Waals surface area contributed by atoms with Gasteiger partial charge in [-0.05, 0) is 28.8 Å². The normalized spacial score (nSPS) is 30.4. The highest BCUT2D eigenvalue weighted by Crippen LogP contribution is 2.42. The van der Waals surface area contributed by atoms with Crippen LogP contribution in [0.4, 0.5) is 0 Å². The molecule has 2 unspecified atom stereocenters. The molecule has 0 aromatic carbocycles. The van der Waals surface area contributed by atoms with Gasteiger partial charge >= 0.3 is 0 Å². The van der Waals surface area contributed by atoms with Gasteiger partial charge in [0, 0.05) is 12.0 Å². The predicted molar refractivity (Wildman–Crippen MR) is 64.0 cm³/mol. The Morgan fingerprint density at radius 3 is 2.81 bits per heavy atom. The quantitative estimate of drug-likeness (QED) is 0.832. The van der Waals surface area contributed by atoms with Gasteiger partial charge in [0.05, 0.1) is 17.6 Å². The lowest BCUT2D eigenvalue weighted by Crippen LogP contribution is -2.37. The van der Waals surface area contributed by atoms with E-state index >= 15 is 0 Å². The fraction of sp³-hybridized carbons (Fsp3) is 0.600. The van der Waals surface area contributed by atoms with Crippen molar-refractivity contribution in [2.24, 2.45) is 11.1 Å². The first-order valence-electron chi connectivity index (χ1n) is 5.10. The smallest absolute Gasteiger partial charge is 0.151 e. The van der Waals surface area contributed by atoms with Gasteiger partial charge in [-0.25, -0.2) is 8.42 Å². The third kappa shape index (κ3) is 2.02. The second-order valence-corrected chi connectivity index (χ2v) is 7.33. The van der Waals surface area contributed by atoms with Crippen molar-refractivity contribution in [1.29, 1.82) is 0 Å². The van der Waals surface area contributed by atoms with Crippen LogP contribution in [0.25, 0.3) is 0 Å². The number of hydrogen-bond acceptors (Lipinski definition) is 5. The molecule has 0 saturated carbocycles. The third-order valence-electron chi connectivity index (χ3n) is 3.26. The molecule has 1 aliphatic heterocycles. The van der Waals surface area contributed by atoms with Crippen LogP contribution in [-0.4, -0.2) is 31.6 Å². The van der Waals surface area contributed by atoms with E-state index in [1.165, 1.54) is 11.3 Å². The lowest BCUT2D eigenvalue weighted by Gasteiger charge is -2.31. The van der Waals surface area contributed by atoms with Crippen LogP contribution in [0, 0.1) is 5.41 Å². The molecule has 0 spiro atoms. The molecule has 1 fully saturated rings. The standard InChI is InChI=1S/C10H15NO3S2/c11-6-10(2-4-16(13,14)7-10)9(12)8-1-3-15-5-8/h1,3,5,9,12H,2,4,6-7,11H2. The molecule has 3 N–H and O–H groups in total. The Hall–Kier alpha value is -0.430. The average Bonchev–Trinajstić information content (AvgIpc) is 2.85. The first-order valence-corrected chi connectivity index (χ1v) is 7.86. The first kappa shape index (κ1) is 12.0. The molecule has 2 atom stereocenters. The van der Waals surface area contributed by atoms with E-state index < -0.39 is 21.4 Å². The van der Waals surface area contributed by atoms with Crippen molar-refractivity contribution >= 4 is 21.2 Å². The van der Waals surface area contributed by atoms with E-state index in [1.54, 1.807) is 0 Å². The van der Waals surface area contributed by atoms with Gasteiger partial charge < -0.3 is 10.8 Å². The number of nitrogens with two attached hydrogens (primary N) is 1. The maximum absolute atomic E-state index is 11.5. The average molecular weight is 261 g/mol. The fourth-order valence-electron chi connectivity index (χ4n) is 2.21. The molecule has 1 aliphatic rings. The van der Waals surface area contributed by atoms with E-state index in [2.05, 4.69) is 0 Å². The molecule has 0 aliphatic carbocycles. The molecule has 2 heterocycles. The van der Waals surface area contributed by atoms with E-state index in [0.29, 0.717) is 6.42 Å². The highest BCUT2D eigenvalue weighted by Gasteiger charge is 2.47. The summed E-state index contributed by atoms with van der Waals surface area (Å²) < 4.78 is 23.0. The van der Waals surface area contributed by atoms with Crippen LogP contribution >= 0.6 is 11.3 Å². The summed E-state index contributed by atoms with van der Waals surface area (Å²) in [5.41, 5.74) is 5.75. The summed E-state index contributed by atoms with van der Waals surface area (Å²) in [6.45, 7) is 0.198. The SMILES string of the molecule is NCC1(C(O)c2ccsc2)CCS(=O)(=O)C1. The van der Waals surface area contributed by atoms with Crippen LogP contribution in [-0.2, 0) is 9.84 Å². The Morgan fingerprint density at radius 1 is 1.62 bits per heavy atom. The summed E-state index contributed by atoms with van der Waals surface area (Å²) in [5, 5.41) is 14.0. The maximum atomic E-state index is 11.5. The second kappa shape index (κ2) is 4.10. The van der Waals surface area contributed by atoms with Crippen molar-refractivity contribution < 1.29 is 13.5 Å². The minimum Gasteiger partial charge on any atom is -0.388 e. The zero-order chi connectivity index (χ0) is 11.8. The van der Waals surface area contributed by atoms with Gasteiger partial charge in [0.1, 0.15) is 0 Å². The third-order valence-corrected chi connectivity index (χ3v) is 5.81. The largest absolute Gasteiger partial charge is 0.388 e. The number of rotatable bonds is 3. The summed E-state index contributed by atoms with van der Waals surface area (Å²) in [4.78, 5) is 0. The molecular formula is C10H15NO3S2. The Labute approximate surface area is 99.0 Å². The summed E-state index contributed by atoms with van der Waals surface area (Å²) in [6.07, 6.45) is -0.330. The van der Waals surface area contributed by atoms with Crippen LogP contribution in [0.15, 0.2) is 16.8 Å². The van der Waals surface area contributed by atoms with E-state index in [1.807, 2.05) is 16.8 Å². The first-order chi connectivity index (χ1) is 7.49. The summed E-state index contributed by atoms with van der Waals surface area (Å²) in [5.74, 6) is 0.124. The number of thiophene rings is 1. The fourth-order valence-corrected chi connectivity index (χ4v) is 5.05. The van der Waals surface area contributed by atoms with Crippen LogP contribution < -0.4 is 5.73 Å². The van der Waals surface area contributed by atoms with Crippen molar-refractivity contribution in [3.8, 4) is 0 Å². The topological polar surface area (TPSA) is 80.4 Å². The van der Waals surface area contributed by atoms with Gasteiger partial charge in [0.25, 0.3) is 0 Å². The summed E-state index contributed by atoms with van der Waals surface area (Å²) >= 11 is 1.49. The molecule has 0 bridgehead atoms. The molecule has 2 rings (SSSR count). The number of aliphatic hydroxyl groups is 1. The molecule has 1 aromatic heterocycles. The van der Waals surface area contributed by atoms with Crippen LogP contribution in [0.2, 0.25) is 0 Å². The van der Waals surface area contributed by atoms with Gasteiger partial charge in [0.2, 0.25) is 0 Å². The van der Waals surface area contributed by atoms with Crippen LogP contribution in [0.1, 0.15) is 18.1 Å². The molecular weight excluding hydrogens is 246 g/mol. The van der Waals surface area contributed by atoms with E-state index in [-0.39, 0.29) is 18.1 Å². The molecule has 0 radical (unpaired) electrons. The molecule has 90 valence electrons.